The molecule has 3 N–H and O–H groups in total. The van der Waals surface area contributed by atoms with Gasteiger partial charge in [0.25, 0.3) is 0 Å². The molecule has 0 atom stereocenters. The fourth-order valence-electron chi connectivity index (χ4n) is 0.231. The molecule has 0 aromatic rings. The minimum absolute atomic E-state index is 0.0278. The third kappa shape index (κ3) is 7.74. The molecule has 0 radical (unpaired) electrons. The number of nitrogens with one attached hydrogen (secondary N) is 1. The van der Waals surface area contributed by atoms with Crippen LogP contribution < -0.4 is 4.72 Å². The van der Waals surface area contributed by atoms with Crippen molar-refractivity contribution in [2.75, 3.05) is 18.9 Å². The Morgan fingerprint density at radius 3 is 2.78 bits per heavy atom. The van der Waals surface area contributed by atoms with E-state index in [-0.39, 0.29) is 12.4 Å². The molecule has 0 spiro atoms. The van der Waals surface area contributed by atoms with E-state index in [1.165, 1.54) is 0 Å². The molecular formula is C4H9NO3S. The van der Waals surface area contributed by atoms with Gasteiger partial charge in [-0.05, 0) is 0 Å². The smallest absolute Gasteiger partial charge is 0.314 e. The summed E-state index contributed by atoms with van der Waals surface area (Å²) < 4.78 is 2.65. The van der Waals surface area contributed by atoms with Crippen molar-refractivity contribution in [2.45, 2.75) is 0 Å². The van der Waals surface area contributed by atoms with Crippen molar-refractivity contribution in [1.82, 2.24) is 4.72 Å². The molecule has 0 rings (SSSR count). The summed E-state index contributed by atoms with van der Waals surface area (Å²) in [6.45, 7) is 0.463. The quantitative estimate of drug-likeness (QED) is 0.358. The number of carboxylic acids is 1. The average Bonchev–Trinajstić information content (AvgIpc) is 1.80. The molecule has 0 unspecified atom stereocenters. The Bertz CT molecular complexity index is 87.9. The molecule has 0 fully saturated rings. The number of aliphatic carboxylic acids is 1. The first-order valence-corrected chi connectivity index (χ1v) is 3.43. The second-order valence-electron chi connectivity index (χ2n) is 1.30. The lowest BCUT2D eigenvalue weighted by molar-refractivity contribution is -0.133. The van der Waals surface area contributed by atoms with E-state index in [9.17, 15) is 4.79 Å². The molecule has 0 aliphatic rings. The summed E-state index contributed by atoms with van der Waals surface area (Å²) in [4.78, 5) is 9.84. The zero-order valence-corrected chi connectivity index (χ0v) is 5.65. The number of aliphatic hydroxyl groups is 1. The van der Waals surface area contributed by atoms with Crippen LogP contribution in [0.2, 0.25) is 0 Å². The van der Waals surface area contributed by atoms with Gasteiger partial charge in [0.05, 0.1) is 6.61 Å². The first kappa shape index (κ1) is 8.74. The van der Waals surface area contributed by atoms with Crippen LogP contribution in [0.25, 0.3) is 0 Å². The lowest BCUT2D eigenvalue weighted by Crippen LogP contribution is -2.12. The van der Waals surface area contributed by atoms with Crippen molar-refractivity contribution in [3.63, 3.8) is 0 Å². The second-order valence-corrected chi connectivity index (χ2v) is 2.17. The van der Waals surface area contributed by atoms with Gasteiger partial charge in [0, 0.05) is 6.54 Å². The van der Waals surface area contributed by atoms with Crippen LogP contribution in [0.1, 0.15) is 0 Å². The van der Waals surface area contributed by atoms with Gasteiger partial charge in [-0.2, -0.15) is 0 Å². The largest absolute Gasteiger partial charge is 0.481 e. The first-order valence-electron chi connectivity index (χ1n) is 2.44. The van der Waals surface area contributed by atoms with Crippen molar-refractivity contribution in [3.05, 3.63) is 0 Å². The molecular weight excluding hydrogens is 142 g/mol. The molecule has 0 aromatic carbocycles. The zero-order valence-electron chi connectivity index (χ0n) is 4.83. The maximum atomic E-state index is 9.84. The van der Waals surface area contributed by atoms with Crippen LogP contribution in [-0.4, -0.2) is 35.1 Å². The monoisotopic (exact) mass is 151 g/mol. The van der Waals surface area contributed by atoms with Gasteiger partial charge in [0.15, 0.2) is 0 Å². The summed E-state index contributed by atoms with van der Waals surface area (Å²) in [5.41, 5.74) is 0. The highest BCUT2D eigenvalue weighted by Gasteiger charge is 1.93. The van der Waals surface area contributed by atoms with Crippen molar-refractivity contribution in [2.24, 2.45) is 0 Å². The summed E-state index contributed by atoms with van der Waals surface area (Å²) in [5.74, 6) is -0.828. The molecule has 0 aliphatic carbocycles. The SMILES string of the molecule is O=C(O)CSNCCO. The van der Waals surface area contributed by atoms with Crippen molar-refractivity contribution in [3.8, 4) is 0 Å². The normalized spacial score (nSPS) is 9.44. The zero-order chi connectivity index (χ0) is 7.11. The van der Waals surface area contributed by atoms with Gasteiger partial charge < -0.3 is 10.2 Å². The van der Waals surface area contributed by atoms with Crippen LogP contribution in [0, 0.1) is 0 Å². The van der Waals surface area contributed by atoms with Gasteiger partial charge in [-0.15, -0.1) is 0 Å². The van der Waals surface area contributed by atoms with Crippen LogP contribution in [0.3, 0.4) is 0 Å². The molecule has 9 heavy (non-hydrogen) atoms. The van der Waals surface area contributed by atoms with Gasteiger partial charge in [0.2, 0.25) is 0 Å². The number of rotatable bonds is 5. The Hall–Kier alpha value is -0.260. The Morgan fingerprint density at radius 2 is 2.33 bits per heavy atom. The van der Waals surface area contributed by atoms with E-state index in [2.05, 4.69) is 4.72 Å². The molecule has 0 saturated heterocycles. The van der Waals surface area contributed by atoms with Crippen LogP contribution in [0.4, 0.5) is 0 Å². The highest BCUT2D eigenvalue weighted by Crippen LogP contribution is 1.89. The highest BCUT2D eigenvalue weighted by atomic mass is 32.2. The van der Waals surface area contributed by atoms with Crippen molar-refractivity contribution >= 4 is 17.9 Å². The Kier molecular flexibility index (Phi) is 5.70. The van der Waals surface area contributed by atoms with E-state index >= 15 is 0 Å². The Morgan fingerprint density at radius 1 is 1.67 bits per heavy atom. The number of carbonyl (C=O) groups is 1. The van der Waals surface area contributed by atoms with Crippen LogP contribution in [-0.2, 0) is 4.79 Å². The third-order valence-electron chi connectivity index (χ3n) is 0.512. The van der Waals surface area contributed by atoms with Crippen molar-refractivity contribution < 1.29 is 15.0 Å². The molecule has 0 aliphatic heterocycles. The van der Waals surface area contributed by atoms with E-state index in [4.69, 9.17) is 10.2 Å². The van der Waals surface area contributed by atoms with Gasteiger partial charge in [-0.3, -0.25) is 9.52 Å². The number of hydrogen-bond acceptors (Lipinski definition) is 4. The topological polar surface area (TPSA) is 69.6 Å². The molecule has 5 heteroatoms. The van der Waals surface area contributed by atoms with Gasteiger partial charge >= 0.3 is 5.97 Å². The summed E-state index contributed by atoms with van der Waals surface area (Å²) in [7, 11) is 0. The number of hydrogen-bond donors (Lipinski definition) is 3. The maximum absolute atomic E-state index is 9.84. The number of aliphatic hydroxyl groups excluding tert-OH is 1. The molecule has 54 valence electrons. The van der Waals surface area contributed by atoms with Crippen LogP contribution in [0.15, 0.2) is 0 Å². The Labute approximate surface area is 57.4 Å². The molecule has 0 amide bonds. The fourth-order valence-corrected chi connectivity index (χ4v) is 0.692. The number of carboxylic acid groups (broad SMARTS) is 1. The summed E-state index contributed by atoms with van der Waals surface area (Å²) in [5, 5.41) is 16.3. The lowest BCUT2D eigenvalue weighted by Gasteiger charge is -1.96. The summed E-state index contributed by atoms with van der Waals surface area (Å²) in [6.07, 6.45) is 0. The molecule has 0 bridgehead atoms. The summed E-state index contributed by atoms with van der Waals surface area (Å²) >= 11 is 1.08. The summed E-state index contributed by atoms with van der Waals surface area (Å²) in [6, 6.07) is 0. The van der Waals surface area contributed by atoms with Gasteiger partial charge in [-0.1, -0.05) is 11.9 Å². The van der Waals surface area contributed by atoms with Gasteiger partial charge in [0.1, 0.15) is 5.75 Å². The second kappa shape index (κ2) is 5.87. The highest BCUT2D eigenvalue weighted by molar-refractivity contribution is 7.98. The van der Waals surface area contributed by atoms with Crippen molar-refractivity contribution in [1.29, 1.82) is 0 Å². The predicted molar refractivity (Wildman–Crippen MR) is 35.2 cm³/mol. The Balaban J connectivity index is 2.83. The first-order chi connectivity index (χ1) is 4.27. The molecule has 0 aromatic heterocycles. The maximum Gasteiger partial charge on any atom is 0.314 e. The van der Waals surface area contributed by atoms with E-state index < -0.39 is 5.97 Å². The fraction of sp³-hybridized carbons (Fsp3) is 0.750. The van der Waals surface area contributed by atoms with Crippen LogP contribution in [0.5, 0.6) is 0 Å². The van der Waals surface area contributed by atoms with E-state index in [0.717, 1.165) is 11.9 Å². The van der Waals surface area contributed by atoms with Crippen LogP contribution >= 0.6 is 11.9 Å². The minimum atomic E-state index is -0.856. The predicted octanol–water partition coefficient (Wildman–Crippen LogP) is -0.699. The molecule has 0 heterocycles. The average molecular weight is 151 g/mol. The molecule has 0 saturated carbocycles. The van der Waals surface area contributed by atoms with E-state index in [1.807, 2.05) is 0 Å². The minimum Gasteiger partial charge on any atom is -0.481 e. The van der Waals surface area contributed by atoms with Gasteiger partial charge in [-0.25, -0.2) is 0 Å². The van der Waals surface area contributed by atoms with E-state index in [0.29, 0.717) is 6.54 Å². The third-order valence-corrected chi connectivity index (χ3v) is 1.31. The standard InChI is InChI=1S/C4H9NO3S/c6-2-1-5-9-3-4(7)8/h5-6H,1-3H2,(H,7,8). The van der Waals surface area contributed by atoms with E-state index in [1.54, 1.807) is 0 Å². The lowest BCUT2D eigenvalue weighted by atomic mass is 10.8. The molecule has 4 nitrogen and oxygen atoms in total.